The molecule has 0 saturated carbocycles. The first-order valence-corrected chi connectivity index (χ1v) is 10.0. The Bertz CT molecular complexity index is 1210. The van der Waals surface area contributed by atoms with Crippen molar-refractivity contribution in [1.29, 1.82) is 0 Å². The molecule has 1 N–H and O–H groups in total. The lowest BCUT2D eigenvalue weighted by atomic mass is 9.95. The molecule has 0 bridgehead atoms. The third-order valence-electron chi connectivity index (χ3n) is 5.23. The number of benzene rings is 2. The molecule has 1 aliphatic heterocycles. The maximum absolute atomic E-state index is 13.2. The summed E-state index contributed by atoms with van der Waals surface area (Å²) in [6.07, 6.45) is 3.12. The number of methoxy groups -OCH3 is 2. The summed E-state index contributed by atoms with van der Waals surface area (Å²) in [7, 11) is 2.95. The number of ether oxygens (including phenoxy) is 2. The van der Waals surface area contributed by atoms with Gasteiger partial charge in [0.2, 0.25) is 0 Å². The molecule has 2 heterocycles. The van der Waals surface area contributed by atoms with Crippen LogP contribution in [0.15, 0.2) is 72.6 Å². The van der Waals surface area contributed by atoms with Gasteiger partial charge in [0.1, 0.15) is 17.3 Å². The van der Waals surface area contributed by atoms with Crippen LogP contribution in [0.1, 0.15) is 17.2 Å². The van der Waals surface area contributed by atoms with Crippen molar-refractivity contribution in [2.24, 2.45) is 0 Å². The van der Waals surface area contributed by atoms with E-state index in [0.717, 1.165) is 0 Å². The Kier molecular flexibility index (Phi) is 5.83. The van der Waals surface area contributed by atoms with E-state index >= 15 is 0 Å². The van der Waals surface area contributed by atoms with Crippen LogP contribution in [0.3, 0.4) is 0 Å². The quantitative estimate of drug-likeness (QED) is 0.352. The lowest BCUT2D eigenvalue weighted by molar-refractivity contribution is -0.132. The minimum absolute atomic E-state index is 0.0559. The second kappa shape index (κ2) is 8.72. The third kappa shape index (κ3) is 3.67. The normalized spacial score (nSPS) is 17.5. The average molecular weight is 451 g/mol. The number of Topliss-reactive ketones (excluding diaryl/α,β-unsaturated/α-hetero) is 1. The van der Waals surface area contributed by atoms with Gasteiger partial charge in [-0.1, -0.05) is 11.6 Å². The molecule has 1 amide bonds. The molecule has 1 fully saturated rings. The molecule has 0 aliphatic carbocycles. The van der Waals surface area contributed by atoms with Crippen LogP contribution in [-0.4, -0.2) is 36.0 Å². The first kappa shape index (κ1) is 21.4. The van der Waals surface area contributed by atoms with Crippen LogP contribution in [0.2, 0.25) is 5.02 Å². The van der Waals surface area contributed by atoms with E-state index in [1.165, 1.54) is 19.1 Å². The zero-order valence-corrected chi connectivity index (χ0v) is 18.0. The fourth-order valence-corrected chi connectivity index (χ4v) is 3.83. The average Bonchev–Trinajstić information content (AvgIpc) is 3.09. The molecular weight excluding hydrogens is 432 g/mol. The molecule has 8 heteroatoms. The maximum atomic E-state index is 13.2. The van der Waals surface area contributed by atoms with Crippen molar-refractivity contribution in [3.05, 3.63) is 88.7 Å². The zero-order chi connectivity index (χ0) is 22.8. The predicted octanol–water partition coefficient (Wildman–Crippen LogP) is 4.38. The molecule has 2 aromatic carbocycles. The van der Waals surface area contributed by atoms with Crippen LogP contribution < -0.4 is 14.4 Å². The highest BCUT2D eigenvalue weighted by Gasteiger charge is 2.47. The first-order valence-electron chi connectivity index (χ1n) is 9.65. The van der Waals surface area contributed by atoms with E-state index in [2.05, 4.69) is 4.98 Å². The van der Waals surface area contributed by atoms with Crippen molar-refractivity contribution in [3.63, 3.8) is 0 Å². The Morgan fingerprint density at radius 3 is 2.31 bits per heavy atom. The second-order valence-corrected chi connectivity index (χ2v) is 7.43. The molecule has 0 spiro atoms. The summed E-state index contributed by atoms with van der Waals surface area (Å²) in [4.78, 5) is 31.6. The minimum atomic E-state index is -0.869. The summed E-state index contributed by atoms with van der Waals surface area (Å²) in [5.41, 5.74) is 1.29. The van der Waals surface area contributed by atoms with Crippen LogP contribution in [0.4, 0.5) is 5.69 Å². The lowest BCUT2D eigenvalue weighted by Crippen LogP contribution is -2.29. The number of rotatable bonds is 5. The molecule has 1 aliphatic rings. The van der Waals surface area contributed by atoms with Gasteiger partial charge in [0.25, 0.3) is 11.7 Å². The van der Waals surface area contributed by atoms with Crippen molar-refractivity contribution in [3.8, 4) is 11.5 Å². The van der Waals surface area contributed by atoms with Crippen molar-refractivity contribution >= 4 is 34.7 Å². The summed E-state index contributed by atoms with van der Waals surface area (Å²) >= 11 is 6.00. The molecule has 162 valence electrons. The number of nitrogens with zero attached hydrogens (tertiary/aromatic N) is 2. The third-order valence-corrected chi connectivity index (χ3v) is 5.49. The topological polar surface area (TPSA) is 89.0 Å². The molecule has 7 nitrogen and oxygen atoms in total. The number of halogens is 1. The van der Waals surface area contributed by atoms with Crippen LogP contribution in [0, 0.1) is 0 Å². The zero-order valence-electron chi connectivity index (χ0n) is 17.3. The minimum Gasteiger partial charge on any atom is -0.507 e. The van der Waals surface area contributed by atoms with E-state index in [1.54, 1.807) is 67.0 Å². The Labute approximate surface area is 189 Å². The summed E-state index contributed by atoms with van der Waals surface area (Å²) in [5, 5.41) is 11.7. The molecule has 1 atom stereocenters. The van der Waals surface area contributed by atoms with Gasteiger partial charge < -0.3 is 14.6 Å². The highest BCUT2D eigenvalue weighted by Crippen LogP contribution is 2.43. The summed E-state index contributed by atoms with van der Waals surface area (Å²) in [5.74, 6) is -1.10. The molecule has 1 aromatic heterocycles. The fraction of sp³-hybridized carbons (Fsp3) is 0.125. The van der Waals surface area contributed by atoms with E-state index in [0.29, 0.717) is 27.8 Å². The Balaban J connectivity index is 1.95. The SMILES string of the molecule is COc1ccc(/C(O)=C2/C(=O)C(=O)N(c3ccc(Cl)cc3)C2c2ccncc2)c(OC)c1. The first-order chi connectivity index (χ1) is 15.5. The highest BCUT2D eigenvalue weighted by atomic mass is 35.5. The summed E-state index contributed by atoms with van der Waals surface area (Å²) < 4.78 is 10.6. The molecule has 0 radical (unpaired) electrons. The molecule has 4 rings (SSSR count). The van der Waals surface area contributed by atoms with Crippen molar-refractivity contribution in [2.45, 2.75) is 6.04 Å². The van der Waals surface area contributed by atoms with Gasteiger partial charge in [-0.3, -0.25) is 19.5 Å². The monoisotopic (exact) mass is 450 g/mol. The number of hydrogen-bond donors (Lipinski definition) is 1. The van der Waals surface area contributed by atoms with E-state index in [4.69, 9.17) is 21.1 Å². The van der Waals surface area contributed by atoms with Crippen LogP contribution in [0.5, 0.6) is 11.5 Å². The number of pyridine rings is 1. The Hall–Kier alpha value is -3.84. The van der Waals surface area contributed by atoms with Gasteiger partial charge in [-0.15, -0.1) is 0 Å². The predicted molar refractivity (Wildman–Crippen MR) is 120 cm³/mol. The van der Waals surface area contributed by atoms with E-state index < -0.39 is 17.7 Å². The number of amides is 1. The second-order valence-electron chi connectivity index (χ2n) is 6.99. The van der Waals surface area contributed by atoms with Gasteiger partial charge in [-0.25, -0.2) is 0 Å². The van der Waals surface area contributed by atoms with Gasteiger partial charge in [-0.2, -0.15) is 0 Å². The van der Waals surface area contributed by atoms with Gasteiger partial charge in [-0.05, 0) is 54.1 Å². The number of anilines is 1. The molecular formula is C24H19ClN2O5. The number of carbonyl (C=O) groups excluding carboxylic acids is 2. The maximum Gasteiger partial charge on any atom is 0.300 e. The van der Waals surface area contributed by atoms with Crippen LogP contribution in [-0.2, 0) is 9.59 Å². The number of aliphatic hydroxyl groups excluding tert-OH is 1. The smallest absolute Gasteiger partial charge is 0.300 e. The van der Waals surface area contributed by atoms with Crippen LogP contribution >= 0.6 is 11.6 Å². The fourth-order valence-electron chi connectivity index (χ4n) is 3.70. The van der Waals surface area contributed by atoms with Crippen molar-refractivity contribution in [2.75, 3.05) is 19.1 Å². The number of hydrogen-bond acceptors (Lipinski definition) is 6. The number of ketones is 1. The molecule has 1 saturated heterocycles. The Morgan fingerprint density at radius 2 is 1.69 bits per heavy atom. The molecule has 32 heavy (non-hydrogen) atoms. The van der Waals surface area contributed by atoms with Gasteiger partial charge in [0, 0.05) is 29.2 Å². The number of aliphatic hydroxyl groups is 1. The van der Waals surface area contributed by atoms with Crippen molar-refractivity contribution < 1.29 is 24.2 Å². The number of carbonyl (C=O) groups is 2. The van der Waals surface area contributed by atoms with E-state index in [-0.39, 0.29) is 16.9 Å². The molecule has 1 unspecified atom stereocenters. The molecule has 3 aromatic rings. The van der Waals surface area contributed by atoms with Crippen LogP contribution in [0.25, 0.3) is 5.76 Å². The lowest BCUT2D eigenvalue weighted by Gasteiger charge is -2.25. The van der Waals surface area contributed by atoms with Gasteiger partial charge in [0.05, 0.1) is 31.4 Å². The number of aromatic nitrogens is 1. The van der Waals surface area contributed by atoms with E-state index in [1.807, 2.05) is 0 Å². The van der Waals surface area contributed by atoms with E-state index in [9.17, 15) is 14.7 Å². The summed E-state index contributed by atoms with van der Waals surface area (Å²) in [6, 6.07) is 13.9. The van der Waals surface area contributed by atoms with Gasteiger partial charge >= 0.3 is 0 Å². The van der Waals surface area contributed by atoms with Gasteiger partial charge in [0.15, 0.2) is 0 Å². The largest absolute Gasteiger partial charge is 0.507 e. The summed E-state index contributed by atoms with van der Waals surface area (Å²) in [6.45, 7) is 0. The standard InChI is InChI=1S/C24H19ClN2O5/c1-31-17-7-8-18(19(13-17)32-2)22(28)20-21(14-9-11-26-12-10-14)27(24(30)23(20)29)16-5-3-15(25)4-6-16/h3-13,21,28H,1-2H3/b22-20-. The Morgan fingerprint density at radius 1 is 1.00 bits per heavy atom. The van der Waals surface area contributed by atoms with Crippen molar-refractivity contribution in [1.82, 2.24) is 4.98 Å². The highest BCUT2D eigenvalue weighted by molar-refractivity contribution is 6.51.